The van der Waals surface area contributed by atoms with Crippen molar-refractivity contribution in [2.75, 3.05) is 45.9 Å². The summed E-state index contributed by atoms with van der Waals surface area (Å²) >= 11 is 0. The molecule has 0 spiro atoms. The molecule has 0 unspecified atom stereocenters. The van der Waals surface area contributed by atoms with Crippen LogP contribution in [-0.2, 0) is 14.3 Å². The van der Waals surface area contributed by atoms with Gasteiger partial charge in [0, 0.05) is 25.4 Å². The summed E-state index contributed by atoms with van der Waals surface area (Å²) in [5.41, 5.74) is 6.41. The van der Waals surface area contributed by atoms with Gasteiger partial charge in [-0.1, -0.05) is 13.8 Å². The number of anilines is 1. The van der Waals surface area contributed by atoms with Crippen LogP contribution in [0, 0.1) is 5.92 Å². The van der Waals surface area contributed by atoms with Crippen LogP contribution in [0.2, 0.25) is 0 Å². The van der Waals surface area contributed by atoms with Crippen molar-refractivity contribution in [1.82, 2.24) is 5.32 Å². The van der Waals surface area contributed by atoms with Crippen molar-refractivity contribution < 1.29 is 23.8 Å². The van der Waals surface area contributed by atoms with Crippen LogP contribution in [0.5, 0.6) is 11.5 Å². The monoisotopic (exact) mass is 367 g/mol. The number of hydrogen-bond donors (Lipinski definition) is 2. The van der Waals surface area contributed by atoms with Crippen molar-refractivity contribution in [3.8, 4) is 11.5 Å². The lowest BCUT2D eigenvalue weighted by Crippen LogP contribution is -2.48. The maximum absolute atomic E-state index is 12.6. The number of ether oxygens (including phenoxy) is 3. The molecular weight excluding hydrogens is 338 g/mol. The average Bonchev–Trinajstić information content (AvgIpc) is 2.65. The van der Waals surface area contributed by atoms with Crippen molar-refractivity contribution in [3.63, 3.8) is 0 Å². The lowest BCUT2D eigenvalue weighted by Gasteiger charge is -2.24. The Morgan fingerprint density at radius 2 is 1.81 bits per heavy atom. The van der Waals surface area contributed by atoms with E-state index in [1.165, 1.54) is 12.0 Å². The number of methoxy groups -OCH3 is 3. The van der Waals surface area contributed by atoms with E-state index in [2.05, 4.69) is 5.32 Å². The molecule has 0 aliphatic carbocycles. The molecule has 0 fully saturated rings. The maximum Gasteiger partial charge on any atom is 0.246 e. The molecule has 3 N–H and O–H groups in total. The van der Waals surface area contributed by atoms with E-state index >= 15 is 0 Å². The predicted molar refractivity (Wildman–Crippen MR) is 99.6 cm³/mol. The van der Waals surface area contributed by atoms with Crippen molar-refractivity contribution in [2.45, 2.75) is 19.9 Å². The summed E-state index contributed by atoms with van der Waals surface area (Å²) in [5, 5.41) is 2.59. The first-order chi connectivity index (χ1) is 12.3. The van der Waals surface area contributed by atoms with E-state index in [-0.39, 0.29) is 24.3 Å². The molecule has 0 bridgehead atoms. The van der Waals surface area contributed by atoms with Crippen molar-refractivity contribution >= 4 is 17.5 Å². The molecule has 8 nitrogen and oxygen atoms in total. The first-order valence-electron chi connectivity index (χ1n) is 8.40. The molecule has 26 heavy (non-hydrogen) atoms. The minimum absolute atomic E-state index is 0.0134. The van der Waals surface area contributed by atoms with Crippen LogP contribution in [0.25, 0.3) is 0 Å². The SMILES string of the molecule is COCCN(C(=O)CNC(=O)[C@@H](N)C(C)C)c1ccc(OC)c(OC)c1. The van der Waals surface area contributed by atoms with Crippen molar-refractivity contribution in [1.29, 1.82) is 0 Å². The van der Waals surface area contributed by atoms with Gasteiger partial charge in [0.15, 0.2) is 11.5 Å². The van der Waals surface area contributed by atoms with Crippen LogP contribution in [0.15, 0.2) is 18.2 Å². The fraction of sp³-hybridized carbons (Fsp3) is 0.556. The van der Waals surface area contributed by atoms with Crippen LogP contribution in [0.3, 0.4) is 0 Å². The van der Waals surface area contributed by atoms with Crippen molar-refractivity contribution in [2.24, 2.45) is 11.7 Å². The normalized spacial score (nSPS) is 11.8. The molecule has 0 saturated heterocycles. The summed E-state index contributed by atoms with van der Waals surface area (Å²) in [7, 11) is 4.62. The molecule has 0 aliphatic heterocycles. The molecule has 8 heteroatoms. The number of nitrogens with two attached hydrogens (primary N) is 1. The highest BCUT2D eigenvalue weighted by atomic mass is 16.5. The summed E-state index contributed by atoms with van der Waals surface area (Å²) in [6.45, 7) is 4.22. The molecule has 0 aromatic heterocycles. The molecule has 0 radical (unpaired) electrons. The van der Waals surface area contributed by atoms with Gasteiger partial charge in [0.1, 0.15) is 0 Å². The lowest BCUT2D eigenvalue weighted by molar-refractivity contribution is -0.126. The summed E-state index contributed by atoms with van der Waals surface area (Å²) in [6.07, 6.45) is 0. The van der Waals surface area contributed by atoms with E-state index in [9.17, 15) is 9.59 Å². The highest BCUT2D eigenvalue weighted by molar-refractivity contribution is 5.97. The third-order valence-corrected chi connectivity index (χ3v) is 3.93. The number of nitrogens with one attached hydrogen (secondary N) is 1. The zero-order valence-corrected chi connectivity index (χ0v) is 16.1. The van der Waals surface area contributed by atoms with Gasteiger partial charge in [-0.15, -0.1) is 0 Å². The van der Waals surface area contributed by atoms with E-state index < -0.39 is 6.04 Å². The zero-order chi connectivity index (χ0) is 19.7. The summed E-state index contributed by atoms with van der Waals surface area (Å²) in [5.74, 6) is 0.421. The van der Waals surface area contributed by atoms with Gasteiger partial charge in [-0.05, 0) is 18.1 Å². The van der Waals surface area contributed by atoms with Gasteiger partial charge in [-0.3, -0.25) is 9.59 Å². The van der Waals surface area contributed by atoms with Gasteiger partial charge < -0.3 is 30.2 Å². The third kappa shape index (κ3) is 5.89. The minimum Gasteiger partial charge on any atom is -0.493 e. The smallest absolute Gasteiger partial charge is 0.246 e. The number of hydrogen-bond acceptors (Lipinski definition) is 6. The number of amides is 2. The van der Waals surface area contributed by atoms with Gasteiger partial charge in [0.05, 0.1) is 33.4 Å². The van der Waals surface area contributed by atoms with Crippen LogP contribution in [0.1, 0.15) is 13.8 Å². The second-order valence-corrected chi connectivity index (χ2v) is 6.07. The Kier molecular flexibility index (Phi) is 8.87. The summed E-state index contributed by atoms with van der Waals surface area (Å²) in [4.78, 5) is 26.1. The Balaban J connectivity index is 2.92. The average molecular weight is 367 g/mol. The number of benzene rings is 1. The van der Waals surface area contributed by atoms with Crippen LogP contribution in [0.4, 0.5) is 5.69 Å². The molecule has 1 aromatic rings. The first-order valence-corrected chi connectivity index (χ1v) is 8.40. The quantitative estimate of drug-likeness (QED) is 0.634. The van der Waals surface area contributed by atoms with Gasteiger partial charge in [0.25, 0.3) is 0 Å². The Morgan fingerprint density at radius 1 is 1.15 bits per heavy atom. The fourth-order valence-electron chi connectivity index (χ4n) is 2.25. The third-order valence-electron chi connectivity index (χ3n) is 3.93. The van der Waals surface area contributed by atoms with E-state index in [0.717, 1.165) is 0 Å². The standard InChI is InChI=1S/C18H29N3O5/c1-12(2)17(19)18(23)20-11-16(22)21(8-9-24-3)13-6-7-14(25-4)15(10-13)26-5/h6-7,10,12,17H,8-9,11,19H2,1-5H3,(H,20,23)/t17-/m0/s1. The lowest BCUT2D eigenvalue weighted by atomic mass is 10.1. The number of carbonyl (C=O) groups is 2. The molecule has 0 heterocycles. The van der Waals surface area contributed by atoms with Gasteiger partial charge in [-0.25, -0.2) is 0 Å². The topological polar surface area (TPSA) is 103 Å². The van der Waals surface area contributed by atoms with Crippen LogP contribution in [-0.4, -0.2) is 58.9 Å². The number of nitrogens with zero attached hydrogens (tertiary/aromatic N) is 1. The highest BCUT2D eigenvalue weighted by Crippen LogP contribution is 2.31. The Labute approximate surface area is 154 Å². The summed E-state index contributed by atoms with van der Waals surface area (Å²) in [6, 6.07) is 4.51. The molecule has 0 aliphatic rings. The molecular formula is C18H29N3O5. The van der Waals surface area contributed by atoms with E-state index in [1.54, 1.807) is 32.4 Å². The molecule has 0 saturated carbocycles. The Bertz CT molecular complexity index is 606. The van der Waals surface area contributed by atoms with Crippen LogP contribution >= 0.6 is 0 Å². The molecule has 1 atom stereocenters. The van der Waals surface area contributed by atoms with E-state index in [0.29, 0.717) is 30.3 Å². The first kappa shape index (κ1) is 21.7. The van der Waals surface area contributed by atoms with E-state index in [4.69, 9.17) is 19.9 Å². The molecule has 2 amide bonds. The largest absolute Gasteiger partial charge is 0.493 e. The van der Waals surface area contributed by atoms with Crippen LogP contribution < -0.4 is 25.4 Å². The van der Waals surface area contributed by atoms with Gasteiger partial charge >= 0.3 is 0 Å². The summed E-state index contributed by atoms with van der Waals surface area (Å²) < 4.78 is 15.6. The zero-order valence-electron chi connectivity index (χ0n) is 16.1. The Morgan fingerprint density at radius 3 is 2.35 bits per heavy atom. The predicted octanol–water partition coefficient (Wildman–Crippen LogP) is 0.783. The Hall–Kier alpha value is -2.32. The molecule has 1 aromatic carbocycles. The molecule has 1 rings (SSSR count). The minimum atomic E-state index is -0.656. The second-order valence-electron chi connectivity index (χ2n) is 6.07. The van der Waals surface area contributed by atoms with Gasteiger partial charge in [-0.2, -0.15) is 0 Å². The van der Waals surface area contributed by atoms with Crippen molar-refractivity contribution in [3.05, 3.63) is 18.2 Å². The van der Waals surface area contributed by atoms with Gasteiger partial charge in [0.2, 0.25) is 11.8 Å². The van der Waals surface area contributed by atoms with E-state index in [1.807, 2.05) is 13.8 Å². The highest BCUT2D eigenvalue weighted by Gasteiger charge is 2.21. The number of carbonyl (C=O) groups excluding carboxylic acids is 2. The molecule has 146 valence electrons. The fourth-order valence-corrected chi connectivity index (χ4v) is 2.25. The maximum atomic E-state index is 12.6. The second kappa shape index (κ2) is 10.6. The number of rotatable bonds is 10.